The van der Waals surface area contributed by atoms with Crippen molar-refractivity contribution in [3.63, 3.8) is 0 Å². The molecule has 0 aromatic heterocycles. The van der Waals surface area contributed by atoms with E-state index in [9.17, 15) is 4.79 Å². The van der Waals surface area contributed by atoms with Crippen molar-refractivity contribution in [2.24, 2.45) is 0 Å². The summed E-state index contributed by atoms with van der Waals surface area (Å²) in [4.78, 5) is 10.8. The number of benzene rings is 1. The Hall–Kier alpha value is -1.77. The molecule has 17 heavy (non-hydrogen) atoms. The fourth-order valence-electron chi connectivity index (χ4n) is 1.55. The minimum atomic E-state index is 0.581. The van der Waals surface area contributed by atoms with Gasteiger partial charge < -0.3 is 9.47 Å². The number of rotatable bonds is 6. The van der Waals surface area contributed by atoms with Gasteiger partial charge in [-0.15, -0.1) is 0 Å². The molecule has 92 valence electrons. The normalized spacial score (nSPS) is 11.1. The molecular formula is C14H18O3. The summed E-state index contributed by atoms with van der Waals surface area (Å²) in [5.41, 5.74) is 1.60. The smallest absolute Gasteiger partial charge is 0.167 e. The Kier molecular flexibility index (Phi) is 5.27. The first-order valence-electron chi connectivity index (χ1n) is 5.72. The van der Waals surface area contributed by atoms with Crippen molar-refractivity contribution in [1.82, 2.24) is 0 Å². The lowest BCUT2D eigenvalue weighted by molar-refractivity contribution is -0.104. The van der Waals surface area contributed by atoms with Crippen LogP contribution in [0, 0.1) is 0 Å². The number of methoxy groups -OCH3 is 1. The van der Waals surface area contributed by atoms with Crippen LogP contribution in [0.25, 0.3) is 6.08 Å². The number of carbonyl (C=O) groups is 1. The number of hydrogen-bond donors (Lipinski definition) is 0. The largest absolute Gasteiger partial charge is 0.492 e. The van der Waals surface area contributed by atoms with Gasteiger partial charge in [-0.2, -0.15) is 0 Å². The molecule has 0 radical (unpaired) electrons. The third-order valence-corrected chi connectivity index (χ3v) is 2.41. The molecule has 1 aromatic carbocycles. The van der Waals surface area contributed by atoms with Crippen LogP contribution in [-0.2, 0) is 4.79 Å². The maximum atomic E-state index is 10.8. The van der Waals surface area contributed by atoms with Crippen LogP contribution < -0.4 is 9.47 Å². The second-order valence-corrected chi connectivity index (χ2v) is 3.50. The van der Waals surface area contributed by atoms with Gasteiger partial charge in [0.05, 0.1) is 13.7 Å². The minimum absolute atomic E-state index is 0.581. The molecule has 0 aliphatic rings. The first-order chi connectivity index (χ1) is 8.26. The van der Waals surface area contributed by atoms with E-state index in [1.807, 2.05) is 38.1 Å². The average molecular weight is 234 g/mol. The van der Waals surface area contributed by atoms with Crippen molar-refractivity contribution >= 4 is 12.4 Å². The van der Waals surface area contributed by atoms with Crippen LogP contribution in [-0.4, -0.2) is 20.0 Å². The summed E-state index contributed by atoms with van der Waals surface area (Å²) in [6.45, 7) is 4.45. The van der Waals surface area contributed by atoms with Crippen molar-refractivity contribution in [2.75, 3.05) is 13.7 Å². The van der Waals surface area contributed by atoms with Gasteiger partial charge in [0.15, 0.2) is 11.5 Å². The van der Waals surface area contributed by atoms with Crippen LogP contribution >= 0.6 is 0 Å². The highest BCUT2D eigenvalue weighted by molar-refractivity contribution is 5.83. The second-order valence-electron chi connectivity index (χ2n) is 3.50. The van der Waals surface area contributed by atoms with Crippen molar-refractivity contribution < 1.29 is 14.3 Å². The summed E-state index contributed by atoms with van der Waals surface area (Å²) >= 11 is 0. The predicted octanol–water partition coefficient (Wildman–Crippen LogP) is 3.09. The zero-order chi connectivity index (χ0) is 12.7. The predicted molar refractivity (Wildman–Crippen MR) is 68.5 cm³/mol. The molecule has 1 aromatic rings. The molecule has 0 spiro atoms. The lowest BCUT2D eigenvalue weighted by atomic mass is 10.1. The molecule has 0 aliphatic carbocycles. The summed E-state index contributed by atoms with van der Waals surface area (Å²) in [7, 11) is 1.60. The Morgan fingerprint density at radius 3 is 2.65 bits per heavy atom. The Balaban J connectivity index is 3.19. The average Bonchev–Trinajstić information content (AvgIpc) is 2.36. The second kappa shape index (κ2) is 6.74. The van der Waals surface area contributed by atoms with Crippen molar-refractivity contribution in [3.05, 3.63) is 29.3 Å². The number of aldehydes is 1. The molecule has 0 unspecified atom stereocenters. The van der Waals surface area contributed by atoms with Crippen molar-refractivity contribution in [1.29, 1.82) is 0 Å². The van der Waals surface area contributed by atoms with Gasteiger partial charge in [0.2, 0.25) is 0 Å². The van der Waals surface area contributed by atoms with Crippen LogP contribution in [0.5, 0.6) is 11.5 Å². The third kappa shape index (κ3) is 3.34. The van der Waals surface area contributed by atoms with E-state index in [4.69, 9.17) is 9.47 Å². The van der Waals surface area contributed by atoms with Gasteiger partial charge in [-0.05, 0) is 31.1 Å². The zero-order valence-corrected chi connectivity index (χ0v) is 10.5. The van der Waals surface area contributed by atoms with E-state index in [2.05, 4.69) is 0 Å². The van der Waals surface area contributed by atoms with Gasteiger partial charge in [0, 0.05) is 5.56 Å². The van der Waals surface area contributed by atoms with Crippen LogP contribution in [0.4, 0.5) is 0 Å². The van der Waals surface area contributed by atoms with Gasteiger partial charge in [-0.1, -0.05) is 19.1 Å². The third-order valence-electron chi connectivity index (χ3n) is 2.41. The highest BCUT2D eigenvalue weighted by atomic mass is 16.5. The molecule has 0 saturated heterocycles. The molecule has 3 heteroatoms. The molecular weight excluding hydrogens is 216 g/mol. The summed E-state index contributed by atoms with van der Waals surface area (Å²) < 4.78 is 10.8. The number of hydrogen-bond acceptors (Lipinski definition) is 3. The summed E-state index contributed by atoms with van der Waals surface area (Å²) in [5.74, 6) is 1.37. The molecule has 0 N–H and O–H groups in total. The summed E-state index contributed by atoms with van der Waals surface area (Å²) in [6.07, 6.45) is 3.40. The number of ether oxygens (including phenoxy) is 2. The van der Waals surface area contributed by atoms with E-state index in [1.54, 1.807) is 7.11 Å². The lowest BCUT2D eigenvalue weighted by Gasteiger charge is -2.11. The highest BCUT2D eigenvalue weighted by Gasteiger charge is 2.08. The number of carbonyl (C=O) groups excluding carboxylic acids is 1. The quantitative estimate of drug-likeness (QED) is 0.560. The zero-order valence-electron chi connectivity index (χ0n) is 10.5. The topological polar surface area (TPSA) is 35.5 Å². The van der Waals surface area contributed by atoms with Crippen molar-refractivity contribution in [3.8, 4) is 11.5 Å². The van der Waals surface area contributed by atoms with Crippen LogP contribution in [0.3, 0.4) is 0 Å². The Bertz CT molecular complexity index is 408. The SMILES string of the molecule is CCOc1cccc(C=C(C=O)CC)c1OC. The maximum Gasteiger partial charge on any atom is 0.167 e. The maximum absolute atomic E-state index is 10.8. The lowest BCUT2D eigenvalue weighted by Crippen LogP contribution is -1.97. The van der Waals surface area contributed by atoms with E-state index in [-0.39, 0.29) is 0 Å². The summed E-state index contributed by atoms with van der Waals surface area (Å²) in [5, 5.41) is 0. The molecule has 0 amide bonds. The van der Waals surface area contributed by atoms with E-state index < -0.39 is 0 Å². The molecule has 1 rings (SSSR count). The van der Waals surface area contributed by atoms with Crippen LogP contribution in [0.2, 0.25) is 0 Å². The molecule has 0 saturated carbocycles. The molecule has 0 atom stereocenters. The van der Waals surface area contributed by atoms with E-state index in [0.29, 0.717) is 24.5 Å². The molecule has 0 heterocycles. The Morgan fingerprint density at radius 2 is 2.12 bits per heavy atom. The summed E-state index contributed by atoms with van der Waals surface area (Å²) in [6, 6.07) is 5.64. The highest BCUT2D eigenvalue weighted by Crippen LogP contribution is 2.32. The van der Waals surface area contributed by atoms with E-state index in [0.717, 1.165) is 17.4 Å². The monoisotopic (exact) mass is 234 g/mol. The van der Waals surface area contributed by atoms with Gasteiger partial charge in [-0.3, -0.25) is 4.79 Å². The van der Waals surface area contributed by atoms with Crippen LogP contribution in [0.1, 0.15) is 25.8 Å². The van der Waals surface area contributed by atoms with Crippen LogP contribution in [0.15, 0.2) is 23.8 Å². The van der Waals surface area contributed by atoms with Gasteiger partial charge in [0.25, 0.3) is 0 Å². The van der Waals surface area contributed by atoms with Gasteiger partial charge in [0.1, 0.15) is 6.29 Å². The number of allylic oxidation sites excluding steroid dienone is 1. The fraction of sp³-hybridized carbons (Fsp3) is 0.357. The Morgan fingerprint density at radius 1 is 1.35 bits per heavy atom. The number of para-hydroxylation sites is 1. The van der Waals surface area contributed by atoms with E-state index in [1.165, 1.54) is 0 Å². The first kappa shape index (κ1) is 13.3. The first-order valence-corrected chi connectivity index (χ1v) is 5.72. The van der Waals surface area contributed by atoms with E-state index >= 15 is 0 Å². The minimum Gasteiger partial charge on any atom is -0.492 e. The molecule has 0 bridgehead atoms. The molecule has 0 aliphatic heterocycles. The van der Waals surface area contributed by atoms with Crippen molar-refractivity contribution in [2.45, 2.75) is 20.3 Å². The fourth-order valence-corrected chi connectivity index (χ4v) is 1.55. The molecule has 3 nitrogen and oxygen atoms in total. The van der Waals surface area contributed by atoms with Gasteiger partial charge in [-0.25, -0.2) is 0 Å². The Labute approximate surface area is 102 Å². The molecule has 0 fully saturated rings. The van der Waals surface area contributed by atoms with Gasteiger partial charge >= 0.3 is 0 Å². The standard InChI is InChI=1S/C14H18O3/c1-4-11(10-15)9-12-7-6-8-13(17-5-2)14(12)16-3/h6-10H,4-5H2,1-3H3.